The molecule has 0 saturated carbocycles. The highest BCUT2D eigenvalue weighted by molar-refractivity contribution is 7.98. The van der Waals surface area contributed by atoms with Gasteiger partial charge < -0.3 is 10.1 Å². The van der Waals surface area contributed by atoms with Crippen LogP contribution in [-0.2, 0) is 10.0 Å². The van der Waals surface area contributed by atoms with Crippen LogP contribution >= 0.6 is 11.8 Å². The summed E-state index contributed by atoms with van der Waals surface area (Å²) in [6.07, 6.45) is 1.70. The number of hydrogen-bond donors (Lipinski definition) is 2. The van der Waals surface area contributed by atoms with E-state index in [0.717, 1.165) is 0 Å². The summed E-state index contributed by atoms with van der Waals surface area (Å²) < 4.78 is 32.2. The molecule has 0 aromatic heterocycles. The molecule has 0 radical (unpaired) electrons. The van der Waals surface area contributed by atoms with E-state index in [9.17, 15) is 28.1 Å². The molecular formula is C24H23N3O7S2. The standard InChI is InChI=1S/C24H23N3O7S2/c1-34-17-8-10-18(11-9-17)36(32,33)26-14-13-25-24(29)20-6-4-3-5-19(20)23(28)16-7-12-22(35-2)21(15-16)27(30)31/h3-12,15,26H,13-14H2,1-2H3,(H,25,29). The van der Waals surface area contributed by atoms with Crippen LogP contribution in [0.15, 0.2) is 76.5 Å². The van der Waals surface area contributed by atoms with Crippen molar-refractivity contribution in [3.63, 3.8) is 0 Å². The van der Waals surface area contributed by atoms with Gasteiger partial charge in [0.05, 0.1) is 27.4 Å². The van der Waals surface area contributed by atoms with Crippen molar-refractivity contribution >= 4 is 39.2 Å². The second-order valence-corrected chi connectivity index (χ2v) is 9.96. The zero-order chi connectivity index (χ0) is 26.3. The minimum absolute atomic E-state index is 0.0371. The van der Waals surface area contributed by atoms with Gasteiger partial charge in [-0.15, -0.1) is 11.8 Å². The molecule has 0 atom stereocenters. The van der Waals surface area contributed by atoms with E-state index in [1.165, 1.54) is 73.5 Å². The van der Waals surface area contributed by atoms with Crippen LogP contribution in [0, 0.1) is 10.1 Å². The van der Waals surface area contributed by atoms with Crippen molar-refractivity contribution in [3.05, 3.63) is 93.5 Å². The van der Waals surface area contributed by atoms with Gasteiger partial charge >= 0.3 is 0 Å². The average Bonchev–Trinajstić information content (AvgIpc) is 2.90. The topological polar surface area (TPSA) is 145 Å². The molecule has 0 aliphatic carbocycles. The van der Waals surface area contributed by atoms with Gasteiger partial charge in [-0.25, -0.2) is 13.1 Å². The molecule has 0 heterocycles. The molecule has 0 spiro atoms. The van der Waals surface area contributed by atoms with E-state index in [-0.39, 0.29) is 40.4 Å². The largest absolute Gasteiger partial charge is 0.497 e. The molecule has 188 valence electrons. The second kappa shape index (κ2) is 11.8. The summed E-state index contributed by atoms with van der Waals surface area (Å²) in [7, 11) is -2.32. The molecule has 0 bridgehead atoms. The molecule has 2 N–H and O–H groups in total. The third kappa shape index (κ3) is 6.27. The molecular weight excluding hydrogens is 506 g/mol. The second-order valence-electron chi connectivity index (χ2n) is 7.35. The number of hydrogen-bond acceptors (Lipinski definition) is 8. The van der Waals surface area contributed by atoms with Gasteiger partial charge in [-0.05, 0) is 48.7 Å². The Kier molecular flexibility index (Phi) is 8.80. The van der Waals surface area contributed by atoms with Crippen LogP contribution in [0.1, 0.15) is 26.3 Å². The molecule has 3 aromatic carbocycles. The van der Waals surface area contributed by atoms with Gasteiger partial charge in [0.2, 0.25) is 10.0 Å². The zero-order valence-corrected chi connectivity index (χ0v) is 21.0. The first-order chi connectivity index (χ1) is 17.2. The number of nitrogens with one attached hydrogen (secondary N) is 2. The van der Waals surface area contributed by atoms with Crippen molar-refractivity contribution < 1.29 is 27.7 Å². The Hall–Kier alpha value is -3.74. The van der Waals surface area contributed by atoms with Gasteiger partial charge in [0.15, 0.2) is 5.78 Å². The zero-order valence-electron chi connectivity index (χ0n) is 19.4. The molecule has 0 fully saturated rings. The maximum absolute atomic E-state index is 13.1. The number of benzene rings is 3. The Bertz CT molecular complexity index is 1390. The van der Waals surface area contributed by atoms with E-state index in [4.69, 9.17) is 4.74 Å². The number of ketones is 1. The predicted octanol–water partition coefficient (Wildman–Crippen LogP) is 3.26. The van der Waals surface area contributed by atoms with Crippen LogP contribution in [0.4, 0.5) is 5.69 Å². The first-order valence-corrected chi connectivity index (χ1v) is 13.3. The van der Waals surface area contributed by atoms with Gasteiger partial charge in [0.1, 0.15) is 5.75 Å². The number of amides is 1. The summed E-state index contributed by atoms with van der Waals surface area (Å²) in [4.78, 5) is 37.1. The SMILES string of the molecule is COc1ccc(S(=O)(=O)NCCNC(=O)c2ccccc2C(=O)c2ccc(SC)c([N+](=O)[O-])c2)cc1. The summed E-state index contributed by atoms with van der Waals surface area (Å²) in [6.45, 7) is -0.122. The van der Waals surface area contributed by atoms with Crippen molar-refractivity contribution in [3.8, 4) is 5.75 Å². The van der Waals surface area contributed by atoms with E-state index in [1.54, 1.807) is 18.4 Å². The smallest absolute Gasteiger partial charge is 0.283 e. The number of carbonyl (C=O) groups is 2. The lowest BCUT2D eigenvalue weighted by atomic mass is 9.97. The molecule has 0 unspecified atom stereocenters. The van der Waals surface area contributed by atoms with Crippen molar-refractivity contribution in [1.82, 2.24) is 10.0 Å². The highest BCUT2D eigenvalue weighted by Gasteiger charge is 2.22. The average molecular weight is 530 g/mol. The number of nitro groups is 1. The lowest BCUT2D eigenvalue weighted by molar-refractivity contribution is -0.387. The van der Waals surface area contributed by atoms with E-state index < -0.39 is 26.6 Å². The van der Waals surface area contributed by atoms with E-state index >= 15 is 0 Å². The maximum atomic E-state index is 13.1. The van der Waals surface area contributed by atoms with Crippen LogP contribution in [0.25, 0.3) is 0 Å². The summed E-state index contributed by atoms with van der Waals surface area (Å²) in [5.41, 5.74) is 0.0172. The van der Waals surface area contributed by atoms with E-state index in [2.05, 4.69) is 10.0 Å². The van der Waals surface area contributed by atoms with Crippen LogP contribution in [-0.4, -0.2) is 51.5 Å². The summed E-state index contributed by atoms with van der Waals surface area (Å²) in [5.74, 6) is -0.612. The molecule has 1 amide bonds. The fraction of sp³-hybridized carbons (Fsp3) is 0.167. The molecule has 0 aliphatic rings. The fourth-order valence-electron chi connectivity index (χ4n) is 3.30. The number of carbonyl (C=O) groups excluding carboxylic acids is 2. The Morgan fingerprint density at radius 1 is 1.00 bits per heavy atom. The highest BCUT2D eigenvalue weighted by atomic mass is 32.2. The third-order valence-corrected chi connectivity index (χ3v) is 7.39. The quantitative estimate of drug-likeness (QED) is 0.127. The summed E-state index contributed by atoms with van der Waals surface area (Å²) >= 11 is 1.19. The van der Waals surface area contributed by atoms with Crippen LogP contribution in [0.5, 0.6) is 5.75 Å². The highest BCUT2D eigenvalue weighted by Crippen LogP contribution is 2.29. The van der Waals surface area contributed by atoms with Crippen molar-refractivity contribution in [1.29, 1.82) is 0 Å². The fourth-order valence-corrected chi connectivity index (χ4v) is 4.88. The Morgan fingerprint density at radius 3 is 2.28 bits per heavy atom. The molecule has 10 nitrogen and oxygen atoms in total. The Morgan fingerprint density at radius 2 is 1.67 bits per heavy atom. The number of rotatable bonds is 11. The van der Waals surface area contributed by atoms with Gasteiger partial charge in [0.25, 0.3) is 11.6 Å². The third-order valence-electron chi connectivity index (χ3n) is 5.13. The van der Waals surface area contributed by atoms with Gasteiger partial charge in [0, 0.05) is 30.3 Å². The molecule has 12 heteroatoms. The van der Waals surface area contributed by atoms with Crippen molar-refractivity contribution in [2.45, 2.75) is 9.79 Å². The molecule has 3 rings (SSSR count). The first-order valence-electron chi connectivity index (χ1n) is 10.6. The van der Waals surface area contributed by atoms with Crippen LogP contribution in [0.2, 0.25) is 0 Å². The van der Waals surface area contributed by atoms with Gasteiger partial charge in [-0.2, -0.15) is 0 Å². The van der Waals surface area contributed by atoms with Crippen molar-refractivity contribution in [2.24, 2.45) is 0 Å². The Labute approximate surface area is 212 Å². The molecule has 3 aromatic rings. The van der Waals surface area contributed by atoms with Crippen molar-refractivity contribution in [2.75, 3.05) is 26.5 Å². The molecule has 0 aliphatic heterocycles. The number of ether oxygens (including phenoxy) is 1. The number of methoxy groups -OCH3 is 1. The lowest BCUT2D eigenvalue weighted by Crippen LogP contribution is -2.35. The normalized spacial score (nSPS) is 11.1. The monoisotopic (exact) mass is 529 g/mol. The molecule has 0 saturated heterocycles. The first kappa shape index (κ1) is 26.9. The van der Waals surface area contributed by atoms with E-state index in [0.29, 0.717) is 10.6 Å². The maximum Gasteiger partial charge on any atom is 0.283 e. The van der Waals surface area contributed by atoms with E-state index in [1.807, 2.05) is 0 Å². The Balaban J connectivity index is 1.69. The van der Waals surface area contributed by atoms with Crippen LogP contribution < -0.4 is 14.8 Å². The number of nitro benzene ring substituents is 1. The van der Waals surface area contributed by atoms with Crippen LogP contribution in [0.3, 0.4) is 0 Å². The molecule has 36 heavy (non-hydrogen) atoms. The number of thioether (sulfide) groups is 1. The lowest BCUT2D eigenvalue weighted by Gasteiger charge is -2.11. The number of nitrogens with zero attached hydrogens (tertiary/aromatic N) is 1. The summed E-state index contributed by atoms with van der Waals surface area (Å²) in [6, 6.07) is 16.1. The van der Waals surface area contributed by atoms with Gasteiger partial charge in [-0.1, -0.05) is 18.2 Å². The van der Waals surface area contributed by atoms with Gasteiger partial charge in [-0.3, -0.25) is 19.7 Å². The number of sulfonamides is 1. The minimum Gasteiger partial charge on any atom is -0.497 e. The predicted molar refractivity (Wildman–Crippen MR) is 135 cm³/mol. The summed E-state index contributed by atoms with van der Waals surface area (Å²) in [5, 5.41) is 14.0. The minimum atomic E-state index is -3.79.